The summed E-state index contributed by atoms with van der Waals surface area (Å²) < 4.78 is 68.9. The van der Waals surface area contributed by atoms with Crippen molar-refractivity contribution >= 4 is 27.1 Å². The van der Waals surface area contributed by atoms with Crippen molar-refractivity contribution in [1.82, 2.24) is 0 Å². The van der Waals surface area contributed by atoms with Gasteiger partial charge in [0.05, 0.1) is 28.8 Å². The summed E-state index contributed by atoms with van der Waals surface area (Å²) in [6, 6.07) is 5.86. The van der Waals surface area contributed by atoms with Gasteiger partial charge in [0.2, 0.25) is 10.0 Å². The molecule has 1 saturated carbocycles. The Hall–Kier alpha value is -2.30. The lowest BCUT2D eigenvalue weighted by Crippen LogP contribution is -2.34. The Morgan fingerprint density at radius 2 is 1.76 bits per heavy atom. The first kappa shape index (κ1) is 21.4. The van der Waals surface area contributed by atoms with Gasteiger partial charge in [0.25, 0.3) is 0 Å². The van der Waals surface area contributed by atoms with Crippen LogP contribution in [0.15, 0.2) is 30.3 Å². The van der Waals surface area contributed by atoms with E-state index in [1.807, 2.05) is 0 Å². The summed E-state index contributed by atoms with van der Waals surface area (Å²) in [7, 11) is -4.11. The number of aryl methyl sites for hydroxylation is 1. The van der Waals surface area contributed by atoms with E-state index in [9.17, 15) is 26.7 Å². The zero-order valence-electron chi connectivity index (χ0n) is 15.5. The fraction of sp³-hybridized carbons (Fsp3) is 0.368. The molecule has 0 saturated heterocycles. The highest BCUT2D eigenvalue weighted by molar-refractivity contribution is 7.94. The second-order valence-electron chi connectivity index (χ2n) is 7.22. The van der Waals surface area contributed by atoms with Crippen LogP contribution < -0.4 is 10.0 Å². The molecule has 0 radical (unpaired) electrons. The molecule has 29 heavy (non-hydrogen) atoms. The largest absolute Gasteiger partial charge is 0.394 e. The van der Waals surface area contributed by atoms with Gasteiger partial charge in [-0.3, -0.25) is 4.72 Å². The molecule has 1 aliphatic rings. The number of aliphatic hydroxyl groups is 2. The van der Waals surface area contributed by atoms with Crippen molar-refractivity contribution in [2.75, 3.05) is 16.6 Å². The van der Waals surface area contributed by atoms with Crippen LogP contribution in [0, 0.1) is 24.4 Å². The predicted molar refractivity (Wildman–Crippen MR) is 103 cm³/mol. The van der Waals surface area contributed by atoms with Gasteiger partial charge in [-0.15, -0.1) is 0 Å². The third-order valence-electron chi connectivity index (χ3n) is 4.92. The zero-order chi connectivity index (χ0) is 21.4. The van der Waals surface area contributed by atoms with Gasteiger partial charge < -0.3 is 15.5 Å². The standard InChI is InChI=1S/C19H21F3N2O4S/c1-11-2-4-15(14(21)8-11)23-18-16(5-3-13(20)17(18)22)24-29(27,28)19(6-7-19)9-12(26)10-25/h2-5,8,12,23-26H,6-7,9-10H2,1H3. The number of halogens is 3. The number of benzene rings is 2. The first-order chi connectivity index (χ1) is 13.6. The molecular weight excluding hydrogens is 409 g/mol. The van der Waals surface area contributed by atoms with Crippen molar-refractivity contribution in [3.05, 3.63) is 53.3 Å². The van der Waals surface area contributed by atoms with Crippen molar-refractivity contribution < 1.29 is 31.8 Å². The van der Waals surface area contributed by atoms with Crippen LogP contribution in [0.4, 0.5) is 30.2 Å². The van der Waals surface area contributed by atoms with Gasteiger partial charge >= 0.3 is 0 Å². The lowest BCUT2D eigenvalue weighted by Gasteiger charge is -2.22. The summed E-state index contributed by atoms with van der Waals surface area (Å²) >= 11 is 0. The van der Waals surface area contributed by atoms with Gasteiger partial charge in [-0.05, 0) is 56.0 Å². The molecule has 1 atom stereocenters. The average molecular weight is 430 g/mol. The fourth-order valence-corrected chi connectivity index (χ4v) is 4.81. The minimum absolute atomic E-state index is 0.155. The van der Waals surface area contributed by atoms with E-state index in [-0.39, 0.29) is 30.6 Å². The van der Waals surface area contributed by atoms with Crippen LogP contribution >= 0.6 is 0 Å². The van der Waals surface area contributed by atoms with Crippen molar-refractivity contribution in [3.63, 3.8) is 0 Å². The lowest BCUT2D eigenvalue weighted by atomic mass is 10.2. The highest BCUT2D eigenvalue weighted by atomic mass is 32.2. The van der Waals surface area contributed by atoms with E-state index in [2.05, 4.69) is 10.0 Å². The smallest absolute Gasteiger partial charge is 0.238 e. The molecule has 1 fully saturated rings. The Morgan fingerprint density at radius 3 is 2.34 bits per heavy atom. The number of nitrogens with one attached hydrogen (secondary N) is 2. The molecule has 158 valence electrons. The van der Waals surface area contributed by atoms with E-state index in [1.54, 1.807) is 13.0 Å². The van der Waals surface area contributed by atoms with E-state index < -0.39 is 50.6 Å². The number of anilines is 3. The van der Waals surface area contributed by atoms with E-state index in [0.29, 0.717) is 5.56 Å². The third kappa shape index (κ3) is 4.34. The van der Waals surface area contributed by atoms with Crippen LogP contribution in [-0.4, -0.2) is 36.1 Å². The highest BCUT2D eigenvalue weighted by Crippen LogP contribution is 2.48. The average Bonchev–Trinajstić information content (AvgIpc) is 3.44. The van der Waals surface area contributed by atoms with Crippen LogP contribution in [0.5, 0.6) is 0 Å². The molecule has 2 aromatic carbocycles. The van der Waals surface area contributed by atoms with Gasteiger partial charge in [0.1, 0.15) is 11.5 Å². The fourth-order valence-electron chi connectivity index (χ4n) is 3.08. The van der Waals surface area contributed by atoms with Crippen molar-refractivity contribution in [2.24, 2.45) is 0 Å². The molecule has 1 unspecified atom stereocenters. The van der Waals surface area contributed by atoms with Crippen LogP contribution in [-0.2, 0) is 10.0 Å². The second kappa shape index (κ2) is 7.85. The molecular formula is C19H21F3N2O4S. The summed E-state index contributed by atoms with van der Waals surface area (Å²) in [6.07, 6.45) is -0.924. The highest BCUT2D eigenvalue weighted by Gasteiger charge is 2.55. The Balaban J connectivity index is 1.95. The summed E-state index contributed by atoms with van der Waals surface area (Å²) in [6.45, 7) is 1.06. The molecule has 0 aliphatic heterocycles. The minimum Gasteiger partial charge on any atom is -0.394 e. The Kier molecular flexibility index (Phi) is 5.79. The monoisotopic (exact) mass is 430 g/mol. The van der Waals surface area contributed by atoms with E-state index >= 15 is 0 Å². The zero-order valence-corrected chi connectivity index (χ0v) is 16.4. The molecule has 6 nitrogen and oxygen atoms in total. The SMILES string of the molecule is Cc1ccc(Nc2c(NS(=O)(=O)C3(CC(O)CO)CC3)ccc(F)c2F)c(F)c1. The topological polar surface area (TPSA) is 98.7 Å². The molecule has 4 N–H and O–H groups in total. The summed E-state index contributed by atoms with van der Waals surface area (Å²) in [5.41, 5.74) is -0.396. The molecule has 0 spiro atoms. The van der Waals surface area contributed by atoms with Gasteiger partial charge in [0.15, 0.2) is 11.6 Å². The van der Waals surface area contributed by atoms with Gasteiger partial charge in [-0.1, -0.05) is 6.07 Å². The van der Waals surface area contributed by atoms with Gasteiger partial charge in [-0.25, -0.2) is 21.6 Å². The summed E-state index contributed by atoms with van der Waals surface area (Å²) in [5, 5.41) is 21.1. The molecule has 3 rings (SSSR count). The van der Waals surface area contributed by atoms with Crippen LogP contribution in [0.3, 0.4) is 0 Å². The molecule has 0 amide bonds. The number of rotatable bonds is 8. The third-order valence-corrected chi connectivity index (χ3v) is 7.12. The van der Waals surface area contributed by atoms with E-state index in [1.165, 1.54) is 12.1 Å². The van der Waals surface area contributed by atoms with E-state index in [0.717, 1.165) is 12.1 Å². The Bertz CT molecular complexity index is 1030. The van der Waals surface area contributed by atoms with Crippen LogP contribution in [0.1, 0.15) is 24.8 Å². The maximum Gasteiger partial charge on any atom is 0.238 e. The maximum atomic E-state index is 14.4. The van der Waals surface area contributed by atoms with Crippen molar-refractivity contribution in [3.8, 4) is 0 Å². The minimum atomic E-state index is -4.11. The van der Waals surface area contributed by atoms with Crippen molar-refractivity contribution in [2.45, 2.75) is 37.0 Å². The molecule has 0 aromatic heterocycles. The number of aliphatic hydroxyl groups excluding tert-OH is 2. The number of hydrogen-bond acceptors (Lipinski definition) is 5. The maximum absolute atomic E-state index is 14.4. The van der Waals surface area contributed by atoms with Gasteiger partial charge in [0, 0.05) is 0 Å². The summed E-state index contributed by atoms with van der Waals surface area (Å²) in [5.74, 6) is -3.32. The quantitative estimate of drug-likeness (QED) is 0.516. The molecule has 0 bridgehead atoms. The molecule has 10 heteroatoms. The molecule has 0 heterocycles. The van der Waals surface area contributed by atoms with Crippen LogP contribution in [0.25, 0.3) is 0 Å². The predicted octanol–water partition coefficient (Wildman–Crippen LogP) is 3.17. The first-order valence-corrected chi connectivity index (χ1v) is 10.4. The molecule has 1 aliphatic carbocycles. The normalized spacial score (nSPS) is 16.3. The Morgan fingerprint density at radius 1 is 1.10 bits per heavy atom. The summed E-state index contributed by atoms with van der Waals surface area (Å²) in [4.78, 5) is 0. The lowest BCUT2D eigenvalue weighted by molar-refractivity contribution is 0.0858. The number of hydrogen-bond donors (Lipinski definition) is 4. The second-order valence-corrected chi connectivity index (χ2v) is 9.30. The Labute approximate surface area is 166 Å². The number of sulfonamides is 1. The van der Waals surface area contributed by atoms with Gasteiger partial charge in [-0.2, -0.15) is 0 Å². The van der Waals surface area contributed by atoms with Crippen LogP contribution in [0.2, 0.25) is 0 Å². The first-order valence-electron chi connectivity index (χ1n) is 8.91. The van der Waals surface area contributed by atoms with E-state index in [4.69, 9.17) is 5.11 Å². The van der Waals surface area contributed by atoms with Crippen molar-refractivity contribution in [1.29, 1.82) is 0 Å². The molecule has 2 aromatic rings.